The van der Waals surface area contributed by atoms with E-state index >= 15 is 0 Å². The SMILES string of the molecule is CCC[C@H](c1ccc(C(=O)O)cc1)[C@@H](Oc1ccc(Br)cc1C#N)c1ccc(Cl)cc1. The lowest BCUT2D eigenvalue weighted by molar-refractivity contribution is 0.0697. The summed E-state index contributed by atoms with van der Waals surface area (Å²) in [7, 11) is 0. The maximum Gasteiger partial charge on any atom is 0.335 e. The van der Waals surface area contributed by atoms with E-state index in [1.54, 1.807) is 24.3 Å². The molecule has 0 aliphatic carbocycles. The number of benzene rings is 3. The highest BCUT2D eigenvalue weighted by Gasteiger charge is 2.27. The smallest absolute Gasteiger partial charge is 0.335 e. The molecule has 0 aliphatic rings. The highest BCUT2D eigenvalue weighted by atomic mass is 79.9. The molecule has 3 rings (SSSR count). The van der Waals surface area contributed by atoms with Gasteiger partial charge in [0.05, 0.1) is 11.1 Å². The third-order valence-electron chi connectivity index (χ3n) is 5.07. The fourth-order valence-electron chi connectivity index (χ4n) is 3.54. The van der Waals surface area contributed by atoms with Gasteiger partial charge in [0.2, 0.25) is 0 Å². The van der Waals surface area contributed by atoms with Crippen molar-refractivity contribution in [1.29, 1.82) is 5.26 Å². The average molecular weight is 499 g/mol. The van der Waals surface area contributed by atoms with Gasteiger partial charge < -0.3 is 9.84 Å². The minimum atomic E-state index is -0.961. The van der Waals surface area contributed by atoms with E-state index in [1.165, 1.54) is 0 Å². The molecule has 0 saturated heterocycles. The monoisotopic (exact) mass is 497 g/mol. The number of hydrogen-bond donors (Lipinski definition) is 1. The summed E-state index contributed by atoms with van der Waals surface area (Å²) in [6.45, 7) is 2.10. The van der Waals surface area contributed by atoms with Gasteiger partial charge in [-0.25, -0.2) is 4.79 Å². The van der Waals surface area contributed by atoms with Crippen LogP contribution in [0.4, 0.5) is 0 Å². The molecule has 6 heteroatoms. The summed E-state index contributed by atoms with van der Waals surface area (Å²) in [5.74, 6) is -0.518. The first-order valence-corrected chi connectivity index (χ1v) is 11.0. The Bertz CT molecular complexity index is 1090. The maximum absolute atomic E-state index is 11.3. The molecule has 0 radical (unpaired) electrons. The molecule has 0 fully saturated rings. The summed E-state index contributed by atoms with van der Waals surface area (Å²) in [5.41, 5.74) is 2.58. The van der Waals surface area contributed by atoms with Crippen LogP contribution in [0.15, 0.2) is 71.2 Å². The van der Waals surface area contributed by atoms with Crippen LogP contribution in [0.2, 0.25) is 5.02 Å². The summed E-state index contributed by atoms with van der Waals surface area (Å²) in [5, 5.41) is 19.4. The Labute approximate surface area is 195 Å². The van der Waals surface area contributed by atoms with Gasteiger partial charge in [0, 0.05) is 15.4 Å². The minimum absolute atomic E-state index is 0.0517. The Kier molecular flexibility index (Phi) is 7.73. The van der Waals surface area contributed by atoms with Crippen molar-refractivity contribution in [3.05, 3.63) is 98.5 Å². The van der Waals surface area contributed by atoms with E-state index in [1.807, 2.05) is 42.5 Å². The first-order valence-electron chi connectivity index (χ1n) is 9.88. The van der Waals surface area contributed by atoms with E-state index in [4.69, 9.17) is 16.3 Å². The number of hydrogen-bond acceptors (Lipinski definition) is 3. The molecule has 0 aliphatic heterocycles. The second-order valence-corrected chi connectivity index (χ2v) is 8.52. The predicted octanol–water partition coefficient (Wildman–Crippen LogP) is 7.38. The third kappa shape index (κ3) is 5.66. The molecule has 0 spiro atoms. The molecule has 2 atom stereocenters. The van der Waals surface area contributed by atoms with Crippen LogP contribution in [0.1, 0.15) is 58.8 Å². The first-order chi connectivity index (χ1) is 14.9. The van der Waals surface area contributed by atoms with Gasteiger partial charge in [-0.2, -0.15) is 5.26 Å². The van der Waals surface area contributed by atoms with Gasteiger partial charge in [-0.05, 0) is 60.0 Å². The van der Waals surface area contributed by atoms with Crippen LogP contribution >= 0.6 is 27.5 Å². The summed E-state index contributed by atoms with van der Waals surface area (Å²) in [6, 6.07) is 21.9. The number of carbonyl (C=O) groups is 1. The lowest BCUT2D eigenvalue weighted by Crippen LogP contribution is -2.18. The molecule has 0 unspecified atom stereocenters. The molecule has 1 N–H and O–H groups in total. The predicted molar refractivity (Wildman–Crippen MR) is 125 cm³/mol. The van der Waals surface area contributed by atoms with Crippen molar-refractivity contribution in [1.82, 2.24) is 0 Å². The average Bonchev–Trinajstić information content (AvgIpc) is 2.77. The topological polar surface area (TPSA) is 70.3 Å². The number of ether oxygens (including phenoxy) is 1. The highest BCUT2D eigenvalue weighted by molar-refractivity contribution is 9.10. The van der Waals surface area contributed by atoms with E-state index < -0.39 is 5.97 Å². The fraction of sp³-hybridized carbons (Fsp3) is 0.200. The molecule has 31 heavy (non-hydrogen) atoms. The third-order valence-corrected chi connectivity index (χ3v) is 5.81. The number of rotatable bonds is 8. The molecule has 158 valence electrons. The zero-order chi connectivity index (χ0) is 22.4. The second kappa shape index (κ2) is 10.5. The van der Waals surface area contributed by atoms with Crippen LogP contribution in [0.5, 0.6) is 5.75 Å². The number of carboxylic acids is 1. The van der Waals surface area contributed by atoms with Crippen LogP contribution in [-0.2, 0) is 0 Å². The van der Waals surface area contributed by atoms with E-state index in [2.05, 4.69) is 28.9 Å². The molecular weight excluding hydrogens is 478 g/mol. The zero-order valence-corrected chi connectivity index (χ0v) is 19.2. The molecule has 3 aromatic carbocycles. The minimum Gasteiger partial charge on any atom is -0.484 e. The van der Waals surface area contributed by atoms with Crippen LogP contribution in [0, 0.1) is 11.3 Å². The van der Waals surface area contributed by atoms with Gasteiger partial charge in [0.25, 0.3) is 0 Å². The summed E-state index contributed by atoms with van der Waals surface area (Å²) < 4.78 is 7.26. The lowest BCUT2D eigenvalue weighted by Gasteiger charge is -2.29. The van der Waals surface area contributed by atoms with E-state index in [0.29, 0.717) is 16.3 Å². The van der Waals surface area contributed by atoms with Gasteiger partial charge in [-0.3, -0.25) is 0 Å². The van der Waals surface area contributed by atoms with E-state index in [0.717, 1.165) is 28.4 Å². The molecule has 4 nitrogen and oxygen atoms in total. The fourth-order valence-corrected chi connectivity index (χ4v) is 4.03. The summed E-state index contributed by atoms with van der Waals surface area (Å²) in [4.78, 5) is 11.3. The van der Waals surface area contributed by atoms with Crippen molar-refractivity contribution < 1.29 is 14.6 Å². The lowest BCUT2D eigenvalue weighted by atomic mass is 9.85. The highest BCUT2D eigenvalue weighted by Crippen LogP contribution is 2.40. The van der Waals surface area contributed by atoms with Crippen molar-refractivity contribution in [3.63, 3.8) is 0 Å². The molecule has 0 bridgehead atoms. The Morgan fingerprint density at radius 3 is 2.32 bits per heavy atom. The summed E-state index contributed by atoms with van der Waals surface area (Å²) >= 11 is 9.50. The Balaban J connectivity index is 2.07. The number of nitriles is 1. The Hall–Kier alpha value is -2.81. The van der Waals surface area contributed by atoms with Gasteiger partial charge >= 0.3 is 5.97 Å². The Morgan fingerprint density at radius 2 is 1.74 bits per heavy atom. The van der Waals surface area contributed by atoms with Gasteiger partial charge in [0.1, 0.15) is 17.9 Å². The molecule has 0 amide bonds. The normalized spacial score (nSPS) is 12.6. The quantitative estimate of drug-likeness (QED) is 0.352. The maximum atomic E-state index is 11.3. The van der Waals surface area contributed by atoms with Crippen LogP contribution in [0.3, 0.4) is 0 Å². The molecule has 3 aromatic rings. The second-order valence-electron chi connectivity index (χ2n) is 7.16. The number of carboxylic acid groups (broad SMARTS) is 1. The number of halogens is 2. The van der Waals surface area contributed by atoms with Crippen LogP contribution in [0.25, 0.3) is 0 Å². The van der Waals surface area contributed by atoms with Crippen molar-refractivity contribution in [2.24, 2.45) is 0 Å². The van der Waals surface area contributed by atoms with Crippen molar-refractivity contribution in [2.75, 3.05) is 0 Å². The van der Waals surface area contributed by atoms with Crippen molar-refractivity contribution in [2.45, 2.75) is 31.8 Å². The van der Waals surface area contributed by atoms with E-state index in [9.17, 15) is 15.2 Å². The first kappa shape index (κ1) is 22.9. The molecule has 0 saturated carbocycles. The zero-order valence-electron chi connectivity index (χ0n) is 16.9. The van der Waals surface area contributed by atoms with E-state index in [-0.39, 0.29) is 17.6 Å². The van der Waals surface area contributed by atoms with Crippen molar-refractivity contribution >= 4 is 33.5 Å². The van der Waals surface area contributed by atoms with Gasteiger partial charge in [-0.15, -0.1) is 0 Å². The largest absolute Gasteiger partial charge is 0.484 e. The van der Waals surface area contributed by atoms with Crippen LogP contribution in [-0.4, -0.2) is 11.1 Å². The van der Waals surface area contributed by atoms with Crippen molar-refractivity contribution in [3.8, 4) is 11.8 Å². The van der Waals surface area contributed by atoms with Crippen LogP contribution < -0.4 is 4.74 Å². The number of nitrogens with zero attached hydrogens (tertiary/aromatic N) is 1. The molecule has 0 heterocycles. The standard InChI is InChI=1S/C25H21BrClNO3/c1-2-3-22(16-4-6-18(7-5-16)25(29)30)24(17-8-11-21(27)12-9-17)31-23-13-10-20(26)14-19(23)15-28/h4-14,22,24H,2-3H2,1H3,(H,29,30)/t22-,24+/m1/s1. The van der Waals surface area contributed by atoms with Gasteiger partial charge in [-0.1, -0.05) is 65.1 Å². The molecule has 0 aromatic heterocycles. The number of aromatic carboxylic acids is 1. The van der Waals surface area contributed by atoms with Gasteiger partial charge in [0.15, 0.2) is 0 Å². The molecular formula is C25H21BrClNO3. The Morgan fingerprint density at radius 1 is 1.10 bits per heavy atom. The summed E-state index contributed by atoms with van der Waals surface area (Å²) in [6.07, 6.45) is 1.34.